The van der Waals surface area contributed by atoms with Crippen molar-refractivity contribution < 1.29 is 27.6 Å². The molecule has 3 rings (SSSR count). The number of benzene rings is 2. The van der Waals surface area contributed by atoms with E-state index in [9.17, 15) is 28.1 Å². The van der Waals surface area contributed by atoms with E-state index in [-0.39, 0.29) is 35.7 Å². The maximum Gasteiger partial charge on any atom is 0.416 e. The van der Waals surface area contributed by atoms with E-state index in [2.05, 4.69) is 15.5 Å². The number of hydrogen-bond acceptors (Lipinski definition) is 5. The molecule has 11 heteroatoms. The third kappa shape index (κ3) is 4.19. The number of nitro groups is 1. The molecule has 2 aromatic carbocycles. The van der Waals surface area contributed by atoms with Gasteiger partial charge in [0.15, 0.2) is 5.69 Å². The highest BCUT2D eigenvalue weighted by Crippen LogP contribution is 2.31. The largest absolute Gasteiger partial charge is 0.492 e. The van der Waals surface area contributed by atoms with Crippen LogP contribution in [0.5, 0.6) is 5.75 Å². The Kier molecular flexibility index (Phi) is 5.16. The Bertz CT molecular complexity index is 1030. The number of amides is 1. The summed E-state index contributed by atoms with van der Waals surface area (Å²) in [4.78, 5) is 22.5. The van der Waals surface area contributed by atoms with E-state index >= 15 is 0 Å². The summed E-state index contributed by atoms with van der Waals surface area (Å²) < 4.78 is 43.2. The van der Waals surface area contributed by atoms with Gasteiger partial charge in [0.1, 0.15) is 12.4 Å². The number of non-ortho nitro benzene ring substituents is 1. The van der Waals surface area contributed by atoms with Crippen molar-refractivity contribution >= 4 is 22.5 Å². The van der Waals surface area contributed by atoms with Crippen LogP contribution in [0.4, 0.5) is 18.9 Å². The van der Waals surface area contributed by atoms with Crippen LogP contribution in [0.1, 0.15) is 16.1 Å². The first kappa shape index (κ1) is 19.1. The lowest BCUT2D eigenvalue weighted by molar-refractivity contribution is -0.384. The minimum atomic E-state index is -4.47. The molecular weight excluding hydrogens is 381 g/mol. The van der Waals surface area contributed by atoms with E-state index in [1.165, 1.54) is 30.3 Å². The molecule has 0 aliphatic carbocycles. The first-order valence-corrected chi connectivity index (χ1v) is 7.96. The molecule has 0 saturated carbocycles. The van der Waals surface area contributed by atoms with Crippen molar-refractivity contribution in [3.63, 3.8) is 0 Å². The van der Waals surface area contributed by atoms with Gasteiger partial charge >= 0.3 is 6.18 Å². The number of carbonyl (C=O) groups is 1. The molecule has 0 unspecified atom stereocenters. The van der Waals surface area contributed by atoms with Gasteiger partial charge in [-0.2, -0.15) is 18.3 Å². The topological polar surface area (TPSA) is 110 Å². The minimum absolute atomic E-state index is 0.00163. The summed E-state index contributed by atoms with van der Waals surface area (Å²) in [5.74, 6) is -0.579. The number of aromatic amines is 1. The van der Waals surface area contributed by atoms with Crippen LogP contribution in [-0.2, 0) is 6.18 Å². The first-order chi connectivity index (χ1) is 13.3. The number of alkyl halides is 3. The monoisotopic (exact) mass is 394 g/mol. The number of fused-ring (bicyclic) bond motifs is 1. The fourth-order valence-corrected chi connectivity index (χ4v) is 2.47. The summed E-state index contributed by atoms with van der Waals surface area (Å²) in [6, 6.07) is 8.33. The van der Waals surface area contributed by atoms with Crippen molar-refractivity contribution in [2.45, 2.75) is 6.18 Å². The fraction of sp³-hybridized carbons (Fsp3) is 0.176. The Hall–Kier alpha value is -3.63. The van der Waals surface area contributed by atoms with Crippen molar-refractivity contribution in [3.05, 3.63) is 63.8 Å². The third-order valence-electron chi connectivity index (χ3n) is 3.79. The van der Waals surface area contributed by atoms with Crippen LogP contribution in [0.2, 0.25) is 0 Å². The highest BCUT2D eigenvalue weighted by molar-refractivity contribution is 6.05. The smallest absolute Gasteiger partial charge is 0.416 e. The van der Waals surface area contributed by atoms with Gasteiger partial charge in [0.25, 0.3) is 11.6 Å². The molecule has 3 aromatic rings. The summed E-state index contributed by atoms with van der Waals surface area (Å²) in [7, 11) is 0. The summed E-state index contributed by atoms with van der Waals surface area (Å²) in [5.41, 5.74) is -0.594. The number of nitrogens with one attached hydrogen (secondary N) is 2. The number of carbonyl (C=O) groups excluding carboxylic acids is 1. The van der Waals surface area contributed by atoms with Crippen molar-refractivity contribution in [2.24, 2.45) is 0 Å². The van der Waals surface area contributed by atoms with Gasteiger partial charge in [-0.15, -0.1) is 0 Å². The Labute approximate surface area is 155 Å². The third-order valence-corrected chi connectivity index (χ3v) is 3.79. The van der Waals surface area contributed by atoms with Gasteiger partial charge in [-0.1, -0.05) is 6.07 Å². The van der Waals surface area contributed by atoms with Gasteiger partial charge in [-0.05, 0) is 24.3 Å². The molecule has 0 aliphatic rings. The molecule has 0 fully saturated rings. The van der Waals surface area contributed by atoms with Crippen LogP contribution in [-0.4, -0.2) is 34.2 Å². The van der Waals surface area contributed by atoms with Crippen LogP contribution in [0.3, 0.4) is 0 Å². The molecule has 28 heavy (non-hydrogen) atoms. The van der Waals surface area contributed by atoms with E-state index < -0.39 is 22.6 Å². The number of rotatable bonds is 6. The van der Waals surface area contributed by atoms with Crippen molar-refractivity contribution in [1.29, 1.82) is 0 Å². The molecule has 146 valence electrons. The molecule has 0 radical (unpaired) electrons. The fourth-order valence-electron chi connectivity index (χ4n) is 2.47. The Morgan fingerprint density at radius 1 is 1.25 bits per heavy atom. The second-order valence-corrected chi connectivity index (χ2v) is 5.69. The van der Waals surface area contributed by atoms with Crippen molar-refractivity contribution in [3.8, 4) is 5.75 Å². The van der Waals surface area contributed by atoms with Crippen LogP contribution >= 0.6 is 0 Å². The number of hydrogen-bond donors (Lipinski definition) is 2. The van der Waals surface area contributed by atoms with Gasteiger partial charge in [-0.3, -0.25) is 20.0 Å². The Morgan fingerprint density at radius 2 is 2.04 bits per heavy atom. The van der Waals surface area contributed by atoms with E-state index in [0.29, 0.717) is 5.52 Å². The second kappa shape index (κ2) is 7.55. The molecule has 1 aromatic heterocycles. The Balaban J connectivity index is 1.60. The van der Waals surface area contributed by atoms with E-state index in [1.807, 2.05) is 0 Å². The highest BCUT2D eigenvalue weighted by Gasteiger charge is 2.30. The van der Waals surface area contributed by atoms with Gasteiger partial charge in [-0.25, -0.2) is 0 Å². The van der Waals surface area contributed by atoms with Crippen molar-refractivity contribution in [1.82, 2.24) is 15.5 Å². The summed E-state index contributed by atoms with van der Waals surface area (Å²) in [6.07, 6.45) is -4.47. The van der Waals surface area contributed by atoms with E-state index in [0.717, 1.165) is 12.1 Å². The molecule has 0 atom stereocenters. The van der Waals surface area contributed by atoms with Crippen LogP contribution < -0.4 is 10.1 Å². The lowest BCUT2D eigenvalue weighted by Gasteiger charge is -2.10. The molecule has 0 saturated heterocycles. The van der Waals surface area contributed by atoms with E-state index in [4.69, 9.17) is 4.74 Å². The minimum Gasteiger partial charge on any atom is -0.492 e. The zero-order valence-corrected chi connectivity index (χ0v) is 14.1. The molecule has 1 amide bonds. The van der Waals surface area contributed by atoms with Crippen LogP contribution in [0.15, 0.2) is 42.5 Å². The summed E-state index contributed by atoms with van der Waals surface area (Å²) in [5, 5.41) is 20.1. The number of aromatic nitrogens is 2. The second-order valence-electron chi connectivity index (χ2n) is 5.69. The summed E-state index contributed by atoms with van der Waals surface area (Å²) in [6.45, 7) is -0.0755. The number of halogens is 3. The number of nitrogens with zero attached hydrogens (tertiary/aromatic N) is 2. The zero-order chi connectivity index (χ0) is 20.3. The first-order valence-electron chi connectivity index (χ1n) is 7.96. The molecular formula is C17H13F3N4O4. The molecule has 0 spiro atoms. The molecule has 2 N–H and O–H groups in total. The van der Waals surface area contributed by atoms with Gasteiger partial charge < -0.3 is 10.1 Å². The average Bonchev–Trinajstić information content (AvgIpc) is 3.08. The molecule has 8 nitrogen and oxygen atoms in total. The molecule has 1 heterocycles. The maximum atomic E-state index is 12.7. The van der Waals surface area contributed by atoms with Gasteiger partial charge in [0, 0.05) is 17.5 Å². The predicted octanol–water partition coefficient (Wildman–Crippen LogP) is 3.30. The van der Waals surface area contributed by atoms with Crippen LogP contribution in [0.25, 0.3) is 10.9 Å². The number of H-pyrrole nitrogens is 1. The zero-order valence-electron chi connectivity index (χ0n) is 14.1. The Morgan fingerprint density at radius 3 is 2.75 bits per heavy atom. The normalized spacial score (nSPS) is 11.4. The standard InChI is InChI=1S/C17H13F3N4O4/c18-17(19,20)10-2-1-3-12(8-10)28-7-6-21-16(25)15-13-9-11(24(26)27)4-5-14(13)22-23-15/h1-5,8-9H,6-7H2,(H,21,25)(H,22,23). The van der Waals surface area contributed by atoms with E-state index in [1.54, 1.807) is 0 Å². The predicted molar refractivity (Wildman–Crippen MR) is 92.0 cm³/mol. The maximum absolute atomic E-state index is 12.7. The molecule has 0 bridgehead atoms. The SMILES string of the molecule is O=C(NCCOc1cccc(C(F)(F)F)c1)c1n[nH]c2ccc([N+](=O)[O-])cc12. The highest BCUT2D eigenvalue weighted by atomic mass is 19.4. The van der Waals surface area contributed by atoms with Gasteiger partial charge in [0.2, 0.25) is 0 Å². The summed E-state index contributed by atoms with van der Waals surface area (Å²) >= 11 is 0. The molecule has 0 aliphatic heterocycles. The number of nitro benzene ring substituents is 1. The number of ether oxygens (including phenoxy) is 1. The average molecular weight is 394 g/mol. The van der Waals surface area contributed by atoms with Crippen LogP contribution in [0, 0.1) is 10.1 Å². The lowest BCUT2D eigenvalue weighted by Crippen LogP contribution is -2.28. The lowest BCUT2D eigenvalue weighted by atomic mass is 10.2. The quantitative estimate of drug-likeness (QED) is 0.379. The van der Waals surface area contributed by atoms with Crippen molar-refractivity contribution in [2.75, 3.05) is 13.2 Å². The van der Waals surface area contributed by atoms with Gasteiger partial charge in [0.05, 0.1) is 22.5 Å².